The Balaban J connectivity index is 2.21. The van der Waals surface area contributed by atoms with E-state index in [1.807, 2.05) is 0 Å². The van der Waals surface area contributed by atoms with E-state index in [1.165, 1.54) is 12.1 Å². The summed E-state index contributed by atoms with van der Waals surface area (Å²) in [5.41, 5.74) is 0.0146. The molecule has 0 atom stereocenters. The highest BCUT2D eigenvalue weighted by Crippen LogP contribution is 2.25. The third kappa shape index (κ3) is 3.21. The molecule has 100 valence electrons. The van der Waals surface area contributed by atoms with E-state index in [-0.39, 0.29) is 11.9 Å². The molecule has 0 N–H and O–H groups in total. The number of benzene rings is 1. The molecule has 2 rings (SSSR count). The van der Waals surface area contributed by atoms with Gasteiger partial charge in [0.2, 0.25) is 0 Å². The first-order chi connectivity index (χ1) is 8.47. The summed E-state index contributed by atoms with van der Waals surface area (Å²) in [6.07, 6.45) is 4.91. The third-order valence-corrected chi connectivity index (χ3v) is 3.36. The van der Waals surface area contributed by atoms with E-state index in [9.17, 15) is 12.9 Å². The summed E-state index contributed by atoms with van der Waals surface area (Å²) >= 11 is 0. The molecule has 0 heterocycles. The molecule has 0 aliphatic heterocycles. The fraction of sp³-hybridized carbons (Fsp3) is 0.538. The van der Waals surface area contributed by atoms with Crippen LogP contribution in [0.25, 0.3) is 0 Å². The van der Waals surface area contributed by atoms with Crippen LogP contribution < -0.4 is 10.2 Å². The molecule has 1 aliphatic rings. The van der Waals surface area contributed by atoms with Crippen LogP contribution in [-0.2, 0) is 0 Å². The van der Waals surface area contributed by atoms with E-state index in [1.54, 1.807) is 13.0 Å². The van der Waals surface area contributed by atoms with Gasteiger partial charge in [-0.2, -0.15) is 0 Å². The lowest BCUT2D eigenvalue weighted by Gasteiger charge is -2.27. The average Bonchev–Trinajstić information content (AvgIpc) is 2.31. The molecule has 0 amide bonds. The zero-order valence-electron chi connectivity index (χ0n) is 10.5. The molecule has 1 aromatic rings. The third-order valence-electron chi connectivity index (χ3n) is 3.36. The topological polar surface area (TPSA) is 9.23 Å². The zero-order chi connectivity index (χ0) is 13.2. The molecular formula is C13H17BF3O-. The molecule has 0 radical (unpaired) electrons. The van der Waals surface area contributed by atoms with Crippen molar-refractivity contribution in [2.75, 3.05) is 0 Å². The molecule has 1 saturated carbocycles. The van der Waals surface area contributed by atoms with Crippen LogP contribution in [0.4, 0.5) is 12.9 Å². The molecule has 5 heteroatoms. The van der Waals surface area contributed by atoms with Gasteiger partial charge in [-0.25, -0.2) is 0 Å². The van der Waals surface area contributed by atoms with Crippen LogP contribution in [-0.4, -0.2) is 13.1 Å². The van der Waals surface area contributed by atoms with Crippen molar-refractivity contribution in [2.45, 2.75) is 45.1 Å². The molecular weight excluding hydrogens is 240 g/mol. The molecule has 1 aliphatic carbocycles. The van der Waals surface area contributed by atoms with E-state index < -0.39 is 12.4 Å². The van der Waals surface area contributed by atoms with Gasteiger partial charge >= 0.3 is 6.98 Å². The number of aryl methyl sites for hydroxylation is 1. The van der Waals surface area contributed by atoms with Crippen LogP contribution in [0.2, 0.25) is 0 Å². The maximum absolute atomic E-state index is 13.0. The van der Waals surface area contributed by atoms with Gasteiger partial charge in [-0.15, -0.1) is 0 Å². The Morgan fingerprint density at radius 3 is 2.39 bits per heavy atom. The molecule has 0 spiro atoms. The predicted octanol–water partition coefficient (Wildman–Crippen LogP) is 3.76. The summed E-state index contributed by atoms with van der Waals surface area (Å²) < 4.78 is 44.5. The van der Waals surface area contributed by atoms with E-state index in [0.717, 1.165) is 32.1 Å². The predicted molar refractivity (Wildman–Crippen MR) is 67.4 cm³/mol. The lowest BCUT2D eigenvalue weighted by Crippen LogP contribution is -2.37. The second kappa shape index (κ2) is 5.25. The van der Waals surface area contributed by atoms with E-state index in [4.69, 9.17) is 4.74 Å². The lowest BCUT2D eigenvalue weighted by atomic mass is 9.78. The Labute approximate surface area is 105 Å². The van der Waals surface area contributed by atoms with Crippen LogP contribution in [0.15, 0.2) is 18.2 Å². The molecule has 1 nitrogen and oxygen atoms in total. The van der Waals surface area contributed by atoms with E-state index in [2.05, 4.69) is 0 Å². The SMILES string of the molecule is Cc1ccc(OC2CCCCC2)c([B-](F)(F)F)c1. The number of halogens is 3. The Morgan fingerprint density at radius 1 is 1.11 bits per heavy atom. The average molecular weight is 257 g/mol. The van der Waals surface area contributed by atoms with Gasteiger partial charge in [0.15, 0.2) is 0 Å². The van der Waals surface area contributed by atoms with Crippen LogP contribution in [0.3, 0.4) is 0 Å². The number of ether oxygens (including phenoxy) is 1. The maximum Gasteiger partial charge on any atom is 0.513 e. The fourth-order valence-electron chi connectivity index (χ4n) is 2.39. The van der Waals surface area contributed by atoms with Crippen LogP contribution in [0.5, 0.6) is 5.75 Å². The van der Waals surface area contributed by atoms with Crippen molar-refractivity contribution in [2.24, 2.45) is 0 Å². The Morgan fingerprint density at radius 2 is 1.78 bits per heavy atom. The lowest BCUT2D eigenvalue weighted by molar-refractivity contribution is 0.156. The highest BCUT2D eigenvalue weighted by atomic mass is 19.4. The van der Waals surface area contributed by atoms with Gasteiger partial charge in [0, 0.05) is 0 Å². The smallest absolute Gasteiger partial charge is 0.493 e. The molecule has 18 heavy (non-hydrogen) atoms. The molecule has 1 fully saturated rings. The van der Waals surface area contributed by atoms with Crippen LogP contribution in [0.1, 0.15) is 37.7 Å². The Hall–Kier alpha value is -1.13. The van der Waals surface area contributed by atoms with Gasteiger partial charge < -0.3 is 17.7 Å². The number of hydrogen-bond donors (Lipinski definition) is 0. The van der Waals surface area contributed by atoms with Crippen molar-refractivity contribution in [3.8, 4) is 5.75 Å². The number of hydrogen-bond acceptors (Lipinski definition) is 1. The van der Waals surface area contributed by atoms with Gasteiger partial charge in [-0.3, -0.25) is 0 Å². The van der Waals surface area contributed by atoms with Gasteiger partial charge in [0.05, 0.1) is 11.9 Å². The molecule has 0 aromatic heterocycles. The standard InChI is InChI=1S/C13H17BF3O/c1-10-7-8-13(12(9-10)14(15,16)17)18-11-5-3-2-4-6-11/h7-9,11H,2-6H2,1H3/q-1. The zero-order valence-corrected chi connectivity index (χ0v) is 10.5. The van der Waals surface area contributed by atoms with Crippen molar-refractivity contribution >= 4 is 12.4 Å². The first-order valence-corrected chi connectivity index (χ1v) is 6.44. The normalized spacial score (nSPS) is 17.8. The summed E-state index contributed by atoms with van der Waals surface area (Å²) in [6, 6.07) is 4.30. The second-order valence-electron chi connectivity index (χ2n) is 4.99. The fourth-order valence-corrected chi connectivity index (χ4v) is 2.39. The minimum atomic E-state index is -5.01. The molecule has 0 bridgehead atoms. The summed E-state index contributed by atoms with van der Waals surface area (Å²) in [4.78, 5) is 0. The highest BCUT2D eigenvalue weighted by molar-refractivity contribution is 6.74. The molecule has 0 unspecified atom stereocenters. The van der Waals surface area contributed by atoms with Crippen molar-refractivity contribution in [1.82, 2.24) is 0 Å². The van der Waals surface area contributed by atoms with Gasteiger partial charge in [-0.05, 0) is 38.7 Å². The quantitative estimate of drug-likeness (QED) is 0.749. The Kier molecular flexibility index (Phi) is 3.88. The van der Waals surface area contributed by atoms with Crippen molar-refractivity contribution < 1.29 is 17.7 Å². The molecule has 0 saturated heterocycles. The van der Waals surface area contributed by atoms with Gasteiger partial charge in [-0.1, -0.05) is 29.6 Å². The minimum absolute atomic E-state index is 0.000000000000000444. The van der Waals surface area contributed by atoms with Crippen molar-refractivity contribution in [3.63, 3.8) is 0 Å². The maximum atomic E-state index is 13.0. The minimum Gasteiger partial charge on any atom is -0.493 e. The second-order valence-corrected chi connectivity index (χ2v) is 4.99. The summed E-state index contributed by atoms with van der Waals surface area (Å²) in [5.74, 6) is 0.000000000000000444. The highest BCUT2D eigenvalue weighted by Gasteiger charge is 2.30. The largest absolute Gasteiger partial charge is 0.513 e. The molecule has 1 aromatic carbocycles. The van der Waals surface area contributed by atoms with Crippen LogP contribution in [0, 0.1) is 6.92 Å². The Bertz CT molecular complexity index is 411. The van der Waals surface area contributed by atoms with E-state index in [0.29, 0.717) is 5.56 Å². The summed E-state index contributed by atoms with van der Waals surface area (Å²) in [6.45, 7) is -3.35. The monoisotopic (exact) mass is 257 g/mol. The first-order valence-electron chi connectivity index (χ1n) is 6.44. The van der Waals surface area contributed by atoms with Gasteiger partial charge in [0.1, 0.15) is 0 Å². The van der Waals surface area contributed by atoms with E-state index >= 15 is 0 Å². The van der Waals surface area contributed by atoms with Crippen LogP contribution >= 0.6 is 0 Å². The summed E-state index contributed by atoms with van der Waals surface area (Å²) in [5, 5.41) is 0. The first kappa shape index (κ1) is 13.3. The van der Waals surface area contributed by atoms with Crippen molar-refractivity contribution in [1.29, 1.82) is 0 Å². The summed E-state index contributed by atoms with van der Waals surface area (Å²) in [7, 11) is 0. The van der Waals surface area contributed by atoms with Gasteiger partial charge in [0.25, 0.3) is 0 Å². The number of rotatable bonds is 3. The van der Waals surface area contributed by atoms with Crippen molar-refractivity contribution in [3.05, 3.63) is 23.8 Å².